The molecule has 1 aliphatic carbocycles. The molecule has 0 saturated heterocycles. The maximum atomic E-state index is 10.3. The van der Waals surface area contributed by atoms with E-state index < -0.39 is 5.97 Å². The quantitative estimate of drug-likeness (QED) is 0.617. The summed E-state index contributed by atoms with van der Waals surface area (Å²) in [6.45, 7) is 0. The molecule has 0 aromatic carbocycles. The first-order valence-electron chi connectivity index (χ1n) is 3.06. The number of rotatable bonds is 1. The molecule has 0 saturated carbocycles. The van der Waals surface area contributed by atoms with Gasteiger partial charge in [0, 0.05) is 11.6 Å². The van der Waals surface area contributed by atoms with Crippen LogP contribution in [-0.2, 0) is 4.79 Å². The molecule has 3 N–H and O–H groups in total. The predicted molar refractivity (Wildman–Crippen MR) is 44.7 cm³/mol. The molecule has 0 aromatic heterocycles. The van der Waals surface area contributed by atoms with E-state index in [4.69, 9.17) is 10.8 Å². The lowest BCUT2D eigenvalue weighted by Gasteiger charge is -2.09. The van der Waals surface area contributed by atoms with E-state index in [1.807, 2.05) is 0 Å². The van der Waals surface area contributed by atoms with Gasteiger partial charge in [0.05, 0.1) is 0 Å². The second-order valence-corrected chi connectivity index (χ2v) is 2.25. The van der Waals surface area contributed by atoms with Crippen molar-refractivity contribution < 1.29 is 9.90 Å². The Morgan fingerprint density at radius 3 is 2.73 bits per heavy atom. The molecular formula is C7H10ClNO2. The molecule has 1 atom stereocenters. The molecule has 11 heavy (non-hydrogen) atoms. The summed E-state index contributed by atoms with van der Waals surface area (Å²) in [5.74, 6) is -0.875. The van der Waals surface area contributed by atoms with Crippen LogP contribution in [0, 0.1) is 0 Å². The summed E-state index contributed by atoms with van der Waals surface area (Å²) < 4.78 is 0. The Bertz CT molecular complexity index is 210. The zero-order chi connectivity index (χ0) is 7.56. The Kier molecular flexibility index (Phi) is 3.85. The van der Waals surface area contributed by atoms with E-state index in [-0.39, 0.29) is 18.4 Å². The van der Waals surface area contributed by atoms with Gasteiger partial charge in [0.15, 0.2) is 0 Å². The van der Waals surface area contributed by atoms with Crippen LogP contribution in [0.3, 0.4) is 0 Å². The van der Waals surface area contributed by atoms with Crippen molar-refractivity contribution in [1.29, 1.82) is 0 Å². The molecule has 0 amide bonds. The van der Waals surface area contributed by atoms with Crippen molar-refractivity contribution in [2.75, 3.05) is 0 Å². The fraction of sp³-hybridized carbons (Fsp3) is 0.286. The normalized spacial score (nSPS) is 21.9. The van der Waals surface area contributed by atoms with Gasteiger partial charge < -0.3 is 10.8 Å². The highest BCUT2D eigenvalue weighted by Crippen LogP contribution is 2.10. The van der Waals surface area contributed by atoms with E-state index in [9.17, 15) is 4.79 Å². The van der Waals surface area contributed by atoms with Crippen LogP contribution in [-0.4, -0.2) is 17.1 Å². The van der Waals surface area contributed by atoms with E-state index in [2.05, 4.69) is 0 Å². The van der Waals surface area contributed by atoms with Crippen LogP contribution in [0.15, 0.2) is 23.8 Å². The van der Waals surface area contributed by atoms with Crippen molar-refractivity contribution in [2.24, 2.45) is 5.73 Å². The van der Waals surface area contributed by atoms with Crippen LogP contribution in [0.4, 0.5) is 0 Å². The molecule has 1 aliphatic rings. The first-order chi connectivity index (χ1) is 4.70. The van der Waals surface area contributed by atoms with Gasteiger partial charge >= 0.3 is 5.97 Å². The van der Waals surface area contributed by atoms with Crippen molar-refractivity contribution in [3.05, 3.63) is 23.8 Å². The Hall–Kier alpha value is -0.800. The number of nitrogens with two attached hydrogens (primary N) is 1. The Morgan fingerprint density at radius 2 is 2.36 bits per heavy atom. The maximum absolute atomic E-state index is 10.3. The average Bonchev–Trinajstić information content (AvgIpc) is 1.88. The van der Waals surface area contributed by atoms with Crippen molar-refractivity contribution in [3.63, 3.8) is 0 Å². The van der Waals surface area contributed by atoms with Crippen molar-refractivity contribution in [1.82, 2.24) is 0 Å². The van der Waals surface area contributed by atoms with E-state index in [0.717, 1.165) is 0 Å². The van der Waals surface area contributed by atoms with Crippen LogP contribution in [0.1, 0.15) is 6.42 Å². The van der Waals surface area contributed by atoms with Gasteiger partial charge in [0.1, 0.15) is 0 Å². The number of hydrogen-bond donors (Lipinski definition) is 2. The zero-order valence-electron chi connectivity index (χ0n) is 5.86. The fourth-order valence-electron chi connectivity index (χ4n) is 0.863. The van der Waals surface area contributed by atoms with Gasteiger partial charge in [-0.15, -0.1) is 12.4 Å². The third kappa shape index (κ3) is 2.74. The lowest BCUT2D eigenvalue weighted by Crippen LogP contribution is -2.21. The summed E-state index contributed by atoms with van der Waals surface area (Å²) in [7, 11) is 0. The number of carboxylic acids is 1. The Balaban J connectivity index is 0.000001000. The third-order valence-electron chi connectivity index (χ3n) is 1.39. The molecule has 0 bridgehead atoms. The molecule has 0 heterocycles. The summed E-state index contributed by atoms with van der Waals surface area (Å²) in [5, 5.41) is 8.50. The lowest BCUT2D eigenvalue weighted by molar-refractivity contribution is -0.132. The van der Waals surface area contributed by atoms with Gasteiger partial charge in [0.2, 0.25) is 0 Å². The van der Waals surface area contributed by atoms with Crippen LogP contribution in [0.2, 0.25) is 0 Å². The number of carboxylic acid groups (broad SMARTS) is 1. The number of halogens is 1. The molecule has 3 nitrogen and oxygen atoms in total. The van der Waals surface area contributed by atoms with Gasteiger partial charge in [-0.1, -0.05) is 18.2 Å². The second-order valence-electron chi connectivity index (χ2n) is 2.25. The molecule has 0 aliphatic heterocycles. The highest BCUT2D eigenvalue weighted by molar-refractivity contribution is 5.87. The van der Waals surface area contributed by atoms with Crippen molar-refractivity contribution >= 4 is 18.4 Å². The first kappa shape index (κ1) is 10.2. The number of carbonyl (C=O) groups is 1. The van der Waals surface area contributed by atoms with E-state index >= 15 is 0 Å². The smallest absolute Gasteiger partial charge is 0.331 e. The minimum absolute atomic E-state index is 0. The van der Waals surface area contributed by atoms with Crippen molar-refractivity contribution in [3.8, 4) is 0 Å². The largest absolute Gasteiger partial charge is 0.478 e. The predicted octanol–water partition coefficient (Wildman–Crippen LogP) is 0.706. The van der Waals surface area contributed by atoms with E-state index in [0.29, 0.717) is 12.0 Å². The molecule has 0 spiro atoms. The average molecular weight is 176 g/mol. The first-order valence-corrected chi connectivity index (χ1v) is 3.06. The summed E-state index contributed by atoms with van der Waals surface area (Å²) >= 11 is 0. The van der Waals surface area contributed by atoms with Crippen LogP contribution in [0.5, 0.6) is 0 Å². The Labute approximate surface area is 71.0 Å². The molecule has 62 valence electrons. The molecule has 4 heteroatoms. The van der Waals surface area contributed by atoms with Crippen LogP contribution >= 0.6 is 12.4 Å². The van der Waals surface area contributed by atoms with Gasteiger partial charge in [-0.05, 0) is 6.42 Å². The molecule has 0 unspecified atom stereocenters. The van der Waals surface area contributed by atoms with Crippen molar-refractivity contribution in [2.45, 2.75) is 12.5 Å². The molecular weight excluding hydrogens is 166 g/mol. The zero-order valence-corrected chi connectivity index (χ0v) is 6.67. The summed E-state index contributed by atoms with van der Waals surface area (Å²) in [5.41, 5.74) is 5.86. The van der Waals surface area contributed by atoms with E-state index in [1.165, 1.54) is 0 Å². The topological polar surface area (TPSA) is 63.3 Å². The van der Waals surface area contributed by atoms with E-state index in [1.54, 1.807) is 18.2 Å². The molecule has 0 fully saturated rings. The molecule has 1 rings (SSSR count). The SMILES string of the molecule is Cl.N[C@@H]1C=CC=C(C(=O)O)C1. The van der Waals surface area contributed by atoms with Crippen LogP contribution in [0.25, 0.3) is 0 Å². The van der Waals surface area contributed by atoms with Gasteiger partial charge in [0.25, 0.3) is 0 Å². The maximum Gasteiger partial charge on any atom is 0.331 e. The number of hydrogen-bond acceptors (Lipinski definition) is 2. The highest BCUT2D eigenvalue weighted by Gasteiger charge is 2.11. The Morgan fingerprint density at radius 1 is 1.73 bits per heavy atom. The molecule has 0 aromatic rings. The number of aliphatic carboxylic acids is 1. The number of allylic oxidation sites excluding steroid dienone is 2. The molecule has 0 radical (unpaired) electrons. The third-order valence-corrected chi connectivity index (χ3v) is 1.39. The fourth-order valence-corrected chi connectivity index (χ4v) is 0.863. The second kappa shape index (κ2) is 4.16. The summed E-state index contributed by atoms with van der Waals surface area (Å²) in [6, 6.07) is -0.129. The minimum atomic E-state index is -0.875. The van der Waals surface area contributed by atoms with Crippen LogP contribution < -0.4 is 5.73 Å². The van der Waals surface area contributed by atoms with Gasteiger partial charge in [-0.25, -0.2) is 4.79 Å². The summed E-state index contributed by atoms with van der Waals surface area (Å²) in [6.07, 6.45) is 5.47. The minimum Gasteiger partial charge on any atom is -0.478 e. The van der Waals surface area contributed by atoms with Gasteiger partial charge in [-0.2, -0.15) is 0 Å². The standard InChI is InChI=1S/C7H9NO2.ClH/c8-6-3-1-2-5(4-6)7(9)10;/h1-3,6H,4,8H2,(H,9,10);1H/t6-;/m1./s1. The lowest BCUT2D eigenvalue weighted by atomic mass is 10.0. The highest BCUT2D eigenvalue weighted by atomic mass is 35.5. The monoisotopic (exact) mass is 175 g/mol. The van der Waals surface area contributed by atoms with Gasteiger partial charge in [-0.3, -0.25) is 0 Å². The summed E-state index contributed by atoms with van der Waals surface area (Å²) in [4.78, 5) is 10.3.